The zero-order chi connectivity index (χ0) is 13.3. The fraction of sp³-hybridized carbons (Fsp3) is 1.00. The molecule has 19 heavy (non-hydrogen) atoms. The van der Waals surface area contributed by atoms with E-state index in [0.717, 1.165) is 31.7 Å². The molecule has 0 radical (unpaired) electrons. The minimum Gasteiger partial charge on any atom is -0.394 e. The molecule has 0 aromatic heterocycles. The summed E-state index contributed by atoms with van der Waals surface area (Å²) in [6.45, 7) is -0.154. The van der Waals surface area contributed by atoms with E-state index >= 15 is 0 Å². The summed E-state index contributed by atoms with van der Waals surface area (Å²) in [5.41, 5.74) is 0. The molecular weight excluding hydrogens is 264 g/mol. The Morgan fingerprint density at radius 3 is 2.37 bits per heavy atom. The van der Waals surface area contributed by atoms with Crippen LogP contribution in [0.25, 0.3) is 0 Å². The Hall–Kier alpha value is 0.0169. The van der Waals surface area contributed by atoms with E-state index in [1.807, 2.05) is 0 Å². The van der Waals surface area contributed by atoms with Crippen molar-refractivity contribution in [3.8, 4) is 0 Å². The van der Waals surface area contributed by atoms with Gasteiger partial charge in [-0.1, -0.05) is 19.3 Å². The van der Waals surface area contributed by atoms with Crippen LogP contribution in [0.5, 0.6) is 0 Å². The number of fused-ring (bicyclic) bond motifs is 1. The second-order valence-corrected chi connectivity index (χ2v) is 8.52. The smallest absolute Gasteiger partial charge is 0.394 e. The van der Waals surface area contributed by atoms with Gasteiger partial charge in [0.25, 0.3) is 0 Å². The van der Waals surface area contributed by atoms with Crippen LogP contribution in [0.4, 0.5) is 0 Å². The molecule has 1 aliphatic carbocycles. The molecular formula is C13H24O5Si. The second kappa shape index (κ2) is 5.79. The van der Waals surface area contributed by atoms with Crippen molar-refractivity contribution in [1.82, 2.24) is 0 Å². The maximum absolute atomic E-state index is 9.32. The van der Waals surface area contributed by atoms with Gasteiger partial charge in [-0.15, -0.1) is 0 Å². The first-order valence-corrected chi connectivity index (χ1v) is 9.48. The van der Waals surface area contributed by atoms with E-state index < -0.39 is 14.9 Å². The fourth-order valence-electron chi connectivity index (χ4n) is 3.40. The van der Waals surface area contributed by atoms with Gasteiger partial charge in [0, 0.05) is 6.04 Å². The van der Waals surface area contributed by atoms with Gasteiger partial charge in [0.1, 0.15) is 0 Å². The van der Waals surface area contributed by atoms with Crippen molar-refractivity contribution in [1.29, 1.82) is 0 Å². The maximum atomic E-state index is 9.32. The molecule has 2 heterocycles. The molecule has 5 nitrogen and oxygen atoms in total. The number of rotatable bonds is 6. The zero-order valence-corrected chi connectivity index (χ0v) is 12.3. The van der Waals surface area contributed by atoms with Crippen molar-refractivity contribution in [3.63, 3.8) is 0 Å². The molecule has 3 rings (SSSR count). The maximum Gasteiger partial charge on any atom is 0.502 e. The van der Waals surface area contributed by atoms with Crippen LogP contribution in [0.1, 0.15) is 44.9 Å². The van der Waals surface area contributed by atoms with E-state index in [-0.39, 0.29) is 24.9 Å². The first-order chi connectivity index (χ1) is 9.22. The van der Waals surface area contributed by atoms with Crippen LogP contribution < -0.4 is 0 Å². The lowest BCUT2D eigenvalue weighted by atomic mass is 10.1. The summed E-state index contributed by atoms with van der Waals surface area (Å²) < 4.78 is 18.4. The zero-order valence-electron chi connectivity index (χ0n) is 11.3. The van der Waals surface area contributed by atoms with Gasteiger partial charge in [-0.3, -0.25) is 0 Å². The Morgan fingerprint density at radius 2 is 1.74 bits per heavy atom. The minimum absolute atomic E-state index is 0.154. The second-order valence-electron chi connectivity index (χ2n) is 5.94. The van der Waals surface area contributed by atoms with E-state index in [9.17, 15) is 5.11 Å². The molecule has 6 heteroatoms. The summed E-state index contributed by atoms with van der Waals surface area (Å²) in [6.07, 6.45) is 7.27. The van der Waals surface area contributed by atoms with Crippen LogP contribution in [-0.2, 0) is 13.3 Å². The summed E-state index contributed by atoms with van der Waals surface area (Å²) in [6, 6.07) is 0.856. The standard InChI is InChI=1S/C13H24O5Si/c14-9-10(15)5-3-4-8-19-16-11-6-1-2-7-12(17-19)13(11)18-19/h10-15H,1-9H2. The van der Waals surface area contributed by atoms with E-state index in [2.05, 4.69) is 0 Å². The molecule has 2 saturated heterocycles. The number of aliphatic hydroxyl groups excluding tert-OH is 2. The van der Waals surface area contributed by atoms with Crippen LogP contribution in [0.15, 0.2) is 0 Å². The molecule has 3 fully saturated rings. The predicted octanol–water partition coefficient (Wildman–Crippen LogP) is 1.21. The van der Waals surface area contributed by atoms with Gasteiger partial charge >= 0.3 is 8.80 Å². The third-order valence-electron chi connectivity index (χ3n) is 4.42. The van der Waals surface area contributed by atoms with Gasteiger partial charge in [-0.05, 0) is 25.7 Å². The van der Waals surface area contributed by atoms with Gasteiger partial charge in [0.2, 0.25) is 0 Å². The average molecular weight is 288 g/mol. The molecule has 0 aromatic rings. The molecule has 3 aliphatic rings. The SMILES string of the molecule is OCC(O)CCCC[Si]12OC3CCCCC(O1)C3O2. The number of unbranched alkanes of at least 4 members (excludes halogenated alkanes) is 1. The third kappa shape index (κ3) is 2.89. The Bertz CT molecular complexity index is 292. The molecule has 2 N–H and O–H groups in total. The lowest BCUT2D eigenvalue weighted by Crippen LogP contribution is -2.44. The van der Waals surface area contributed by atoms with E-state index in [0.29, 0.717) is 6.42 Å². The van der Waals surface area contributed by atoms with E-state index in [1.165, 1.54) is 12.8 Å². The lowest BCUT2D eigenvalue weighted by molar-refractivity contribution is 0.0257. The summed E-state index contributed by atoms with van der Waals surface area (Å²) in [4.78, 5) is 0. The van der Waals surface area contributed by atoms with Crippen LogP contribution >= 0.6 is 0 Å². The van der Waals surface area contributed by atoms with Crippen LogP contribution in [0.3, 0.4) is 0 Å². The van der Waals surface area contributed by atoms with Gasteiger partial charge in [-0.25, -0.2) is 0 Å². The predicted molar refractivity (Wildman–Crippen MR) is 70.6 cm³/mol. The van der Waals surface area contributed by atoms with Crippen molar-refractivity contribution >= 4 is 8.80 Å². The highest BCUT2D eigenvalue weighted by Crippen LogP contribution is 2.45. The lowest BCUT2D eigenvalue weighted by Gasteiger charge is -2.28. The summed E-state index contributed by atoms with van der Waals surface area (Å²) in [7, 11) is -2.39. The monoisotopic (exact) mass is 288 g/mol. The molecule has 0 amide bonds. The third-order valence-corrected chi connectivity index (χ3v) is 7.34. The topological polar surface area (TPSA) is 68.2 Å². The van der Waals surface area contributed by atoms with Crippen LogP contribution in [0, 0.1) is 0 Å². The molecule has 0 aromatic carbocycles. The van der Waals surface area contributed by atoms with Crippen molar-refractivity contribution in [2.75, 3.05) is 6.61 Å². The van der Waals surface area contributed by atoms with Crippen molar-refractivity contribution in [3.05, 3.63) is 0 Å². The summed E-state index contributed by atoms with van der Waals surface area (Å²) in [5, 5.41) is 18.1. The molecule has 2 aliphatic heterocycles. The Morgan fingerprint density at radius 1 is 1.05 bits per heavy atom. The normalized spacial score (nSPS) is 42.3. The minimum atomic E-state index is -2.39. The van der Waals surface area contributed by atoms with Crippen molar-refractivity contribution in [2.24, 2.45) is 0 Å². The highest BCUT2D eigenvalue weighted by atomic mass is 28.4. The highest BCUT2D eigenvalue weighted by molar-refractivity contribution is 6.62. The Balaban J connectivity index is 1.49. The molecule has 1 saturated carbocycles. The quantitative estimate of drug-likeness (QED) is 0.568. The Labute approximate surface area is 115 Å². The highest BCUT2D eigenvalue weighted by Gasteiger charge is 2.63. The van der Waals surface area contributed by atoms with Crippen molar-refractivity contribution in [2.45, 2.75) is 75.4 Å². The van der Waals surface area contributed by atoms with E-state index in [4.69, 9.17) is 18.4 Å². The average Bonchev–Trinajstić information content (AvgIpc) is 2.92. The van der Waals surface area contributed by atoms with Gasteiger partial charge < -0.3 is 23.5 Å². The van der Waals surface area contributed by atoms with Gasteiger partial charge in [0.05, 0.1) is 31.0 Å². The van der Waals surface area contributed by atoms with E-state index in [1.54, 1.807) is 0 Å². The summed E-state index contributed by atoms with van der Waals surface area (Å²) >= 11 is 0. The van der Waals surface area contributed by atoms with Gasteiger partial charge in [-0.2, -0.15) is 0 Å². The van der Waals surface area contributed by atoms with Crippen LogP contribution in [-0.4, -0.2) is 50.0 Å². The van der Waals surface area contributed by atoms with Crippen LogP contribution in [0.2, 0.25) is 6.04 Å². The fourth-order valence-corrected chi connectivity index (χ4v) is 6.75. The first-order valence-electron chi connectivity index (χ1n) is 7.55. The largest absolute Gasteiger partial charge is 0.502 e. The molecule has 110 valence electrons. The first kappa shape index (κ1) is 14.0. The van der Waals surface area contributed by atoms with Gasteiger partial charge in [0.15, 0.2) is 0 Å². The van der Waals surface area contributed by atoms with Crippen molar-refractivity contribution < 1.29 is 23.5 Å². The Kier molecular flexibility index (Phi) is 4.26. The number of hydrogen-bond acceptors (Lipinski definition) is 5. The summed E-state index contributed by atoms with van der Waals surface area (Å²) in [5.74, 6) is 0. The number of aliphatic hydroxyl groups is 2. The molecule has 2 bridgehead atoms. The number of hydrogen-bond donors (Lipinski definition) is 2. The molecule has 3 atom stereocenters. The molecule has 3 unspecified atom stereocenters. The molecule has 0 spiro atoms.